The van der Waals surface area contributed by atoms with Crippen LogP contribution in [0.5, 0.6) is 0 Å². The van der Waals surface area contributed by atoms with Crippen molar-refractivity contribution in [2.75, 3.05) is 10.0 Å². The molecule has 1 radical (unpaired) electrons. The second kappa shape index (κ2) is 9.18. The number of anilines is 2. The van der Waals surface area contributed by atoms with E-state index in [0.29, 0.717) is 11.5 Å². The molecule has 0 amide bonds. The molecule has 1 aliphatic rings. The van der Waals surface area contributed by atoms with E-state index in [4.69, 9.17) is 16.1 Å². The number of hydrazone groups is 1. The van der Waals surface area contributed by atoms with E-state index in [0.717, 1.165) is 22.5 Å². The number of hydrogen-bond donors (Lipinski definition) is 0. The molecule has 0 saturated heterocycles. The van der Waals surface area contributed by atoms with Crippen LogP contribution >= 0.6 is 0 Å². The van der Waals surface area contributed by atoms with Gasteiger partial charge in [-0.15, -0.1) is 10.5 Å². The van der Waals surface area contributed by atoms with E-state index in [1.165, 1.54) is 0 Å². The Morgan fingerprint density at radius 2 is 1.21 bits per heavy atom. The highest BCUT2D eigenvalue weighted by atomic mass is 15.7. The predicted octanol–water partition coefficient (Wildman–Crippen LogP) is 6.54. The van der Waals surface area contributed by atoms with Crippen molar-refractivity contribution >= 4 is 22.9 Å². The summed E-state index contributed by atoms with van der Waals surface area (Å²) in [5.74, 6) is 0.558. The summed E-state index contributed by atoms with van der Waals surface area (Å²) in [6.45, 7) is 0. The third-order valence-corrected chi connectivity index (χ3v) is 5.29. The molecule has 0 aliphatic carbocycles. The number of para-hydroxylation sites is 2. The van der Waals surface area contributed by atoms with Crippen LogP contribution in [0.25, 0.3) is 10.4 Å². The van der Waals surface area contributed by atoms with Crippen molar-refractivity contribution in [1.82, 2.24) is 5.43 Å². The summed E-state index contributed by atoms with van der Waals surface area (Å²) < 4.78 is 0. The van der Waals surface area contributed by atoms with Crippen LogP contribution in [0.4, 0.5) is 17.1 Å². The van der Waals surface area contributed by atoms with Crippen molar-refractivity contribution in [3.8, 4) is 0 Å². The number of amidine groups is 1. The van der Waals surface area contributed by atoms with Gasteiger partial charge in [0.2, 0.25) is 0 Å². The van der Waals surface area contributed by atoms with Gasteiger partial charge >= 0.3 is 0 Å². The smallest absolute Gasteiger partial charge is 0.199 e. The fourth-order valence-electron chi connectivity index (χ4n) is 3.75. The van der Waals surface area contributed by atoms with Gasteiger partial charge in [0.25, 0.3) is 0 Å². The molecule has 0 bridgehead atoms. The lowest BCUT2D eigenvalue weighted by atomic mass is 10.1. The van der Waals surface area contributed by atoms with Crippen LogP contribution in [0.15, 0.2) is 125 Å². The molecule has 1 aliphatic heterocycles. The first-order valence-electron chi connectivity index (χ1n) is 10.5. The fourth-order valence-corrected chi connectivity index (χ4v) is 3.75. The second-order valence-corrected chi connectivity index (χ2v) is 7.40. The number of benzene rings is 4. The maximum Gasteiger partial charge on any atom is 0.199 e. The summed E-state index contributed by atoms with van der Waals surface area (Å²) >= 11 is 0. The van der Waals surface area contributed by atoms with Crippen LogP contribution in [-0.2, 0) is 0 Å². The maximum absolute atomic E-state index is 8.70. The Kier molecular flexibility index (Phi) is 5.61. The highest BCUT2D eigenvalue weighted by molar-refractivity contribution is 6.01. The summed E-state index contributed by atoms with van der Waals surface area (Å²) in [4.78, 5) is 2.85. The van der Waals surface area contributed by atoms with Gasteiger partial charge in [-0.05, 0) is 35.4 Å². The molecule has 0 fully saturated rings. The third-order valence-electron chi connectivity index (χ3n) is 5.29. The van der Waals surface area contributed by atoms with Crippen LogP contribution in [0.3, 0.4) is 0 Å². The quantitative estimate of drug-likeness (QED) is 0.205. The van der Waals surface area contributed by atoms with E-state index in [9.17, 15) is 0 Å². The van der Waals surface area contributed by atoms with Crippen LogP contribution in [0.2, 0.25) is 0 Å². The van der Waals surface area contributed by atoms with Gasteiger partial charge in [0, 0.05) is 16.2 Å². The first-order chi connectivity index (χ1) is 16.3. The summed E-state index contributed by atoms with van der Waals surface area (Å²) in [5.41, 5.74) is 18.0. The van der Waals surface area contributed by atoms with Gasteiger partial charge in [-0.3, -0.25) is 0 Å². The zero-order chi connectivity index (χ0) is 22.5. The van der Waals surface area contributed by atoms with E-state index < -0.39 is 0 Å². The number of hydrogen-bond acceptors (Lipinski definition) is 4. The lowest BCUT2D eigenvalue weighted by molar-refractivity contribution is 0.533. The molecule has 4 aromatic rings. The molecule has 7 nitrogen and oxygen atoms in total. The fraction of sp³-hybridized carbons (Fsp3) is 0.0385. The van der Waals surface area contributed by atoms with Crippen molar-refractivity contribution < 1.29 is 0 Å². The molecule has 0 saturated carbocycles. The van der Waals surface area contributed by atoms with Crippen molar-refractivity contribution in [2.45, 2.75) is 6.17 Å². The largest absolute Gasteiger partial charge is 0.234 e. The molecule has 0 N–H and O–H groups in total. The Morgan fingerprint density at radius 1 is 0.667 bits per heavy atom. The molecule has 4 aromatic carbocycles. The molecule has 1 heterocycles. The van der Waals surface area contributed by atoms with E-state index in [2.05, 4.69) is 22.2 Å². The maximum atomic E-state index is 8.70. The number of rotatable bonds is 5. The van der Waals surface area contributed by atoms with Gasteiger partial charge in [-0.1, -0.05) is 96.1 Å². The third kappa shape index (κ3) is 4.21. The van der Waals surface area contributed by atoms with Gasteiger partial charge in [0.05, 0.1) is 11.4 Å². The topological polar surface area (TPSA) is 81.7 Å². The first kappa shape index (κ1) is 20.2. The van der Waals surface area contributed by atoms with Crippen LogP contribution < -0.4 is 15.4 Å². The Labute approximate surface area is 191 Å². The summed E-state index contributed by atoms with van der Waals surface area (Å²) in [5, 5.41) is 12.6. The minimum absolute atomic E-state index is 0.276. The Hall–Kier alpha value is -4.74. The van der Waals surface area contributed by atoms with Gasteiger partial charge < -0.3 is 0 Å². The molecule has 1 unspecified atom stereocenters. The molecule has 33 heavy (non-hydrogen) atoms. The molecule has 5 rings (SSSR count). The zero-order valence-corrected chi connectivity index (χ0v) is 17.7. The number of azide groups is 1. The van der Waals surface area contributed by atoms with Crippen LogP contribution in [-0.4, -0.2) is 5.84 Å². The molecule has 7 heteroatoms. The molecule has 159 valence electrons. The molecular formula is C26H20N7. The van der Waals surface area contributed by atoms with Crippen molar-refractivity contribution in [3.05, 3.63) is 137 Å². The zero-order valence-electron chi connectivity index (χ0n) is 17.7. The SMILES string of the molecule is [N-]=[N+]=Nc1ccc(C2=NN(c3ccccc3)C(c3ccccc3)N(c3ccccc3)[N]2)cc1. The summed E-state index contributed by atoms with van der Waals surface area (Å²) in [7, 11) is 0. The normalized spacial score (nSPS) is 15.3. The Bertz CT molecular complexity index is 1280. The van der Waals surface area contributed by atoms with Gasteiger partial charge in [-0.2, -0.15) is 0 Å². The second-order valence-electron chi connectivity index (χ2n) is 7.40. The number of nitrogens with zero attached hydrogens (tertiary/aromatic N) is 7. The monoisotopic (exact) mass is 430 g/mol. The van der Waals surface area contributed by atoms with Crippen molar-refractivity contribution in [3.63, 3.8) is 0 Å². The van der Waals surface area contributed by atoms with Crippen LogP contribution in [0.1, 0.15) is 17.3 Å². The molecular weight excluding hydrogens is 410 g/mol. The average Bonchev–Trinajstić information content (AvgIpc) is 2.90. The molecule has 0 aromatic heterocycles. The Morgan fingerprint density at radius 3 is 1.79 bits per heavy atom. The molecule has 0 spiro atoms. The van der Waals surface area contributed by atoms with Crippen LogP contribution in [0, 0.1) is 0 Å². The average molecular weight is 430 g/mol. The van der Waals surface area contributed by atoms with E-state index >= 15 is 0 Å². The minimum Gasteiger partial charge on any atom is -0.234 e. The van der Waals surface area contributed by atoms with Crippen molar-refractivity contribution in [1.29, 1.82) is 0 Å². The van der Waals surface area contributed by atoms with E-state index in [-0.39, 0.29) is 6.17 Å². The van der Waals surface area contributed by atoms with Gasteiger partial charge in [0.15, 0.2) is 12.0 Å². The Balaban J connectivity index is 1.67. The highest BCUT2D eigenvalue weighted by Crippen LogP contribution is 2.36. The minimum atomic E-state index is -0.276. The lowest BCUT2D eigenvalue weighted by Crippen LogP contribution is -2.51. The van der Waals surface area contributed by atoms with Crippen molar-refractivity contribution in [2.24, 2.45) is 10.2 Å². The highest BCUT2D eigenvalue weighted by Gasteiger charge is 2.35. The van der Waals surface area contributed by atoms with E-state index in [1.807, 2.05) is 101 Å². The molecule has 1 atom stereocenters. The summed E-state index contributed by atoms with van der Waals surface area (Å²) in [6.07, 6.45) is -0.276. The predicted molar refractivity (Wildman–Crippen MR) is 131 cm³/mol. The van der Waals surface area contributed by atoms with Gasteiger partial charge in [0.1, 0.15) is 0 Å². The first-order valence-corrected chi connectivity index (χ1v) is 10.5. The van der Waals surface area contributed by atoms with E-state index in [1.54, 1.807) is 12.1 Å². The van der Waals surface area contributed by atoms with Gasteiger partial charge in [-0.25, -0.2) is 10.0 Å². The standard InChI is InChI=1S/C26H20N7/c27-31-28-22-18-16-20(17-19-22)25-29-32(23-12-6-2-7-13-23)26(21-10-4-1-5-11-21)33(30-25)24-14-8-3-9-15-24/h1-19,26H. The lowest BCUT2D eigenvalue weighted by Gasteiger charge is -2.42. The summed E-state index contributed by atoms with van der Waals surface area (Å²) in [6, 6.07) is 37.6.